The maximum absolute atomic E-state index is 12.2. The molecule has 1 aromatic heterocycles. The van der Waals surface area contributed by atoms with Gasteiger partial charge in [-0.25, -0.2) is 0 Å². The molecule has 2 heteroatoms. The summed E-state index contributed by atoms with van der Waals surface area (Å²) in [5.41, 5.74) is 1.72. The third kappa shape index (κ3) is 2.95. The maximum atomic E-state index is 12.2. The molecule has 0 unspecified atom stereocenters. The highest BCUT2D eigenvalue weighted by Crippen LogP contribution is 2.18. The lowest BCUT2D eigenvalue weighted by molar-refractivity contribution is 0.0980. The van der Waals surface area contributed by atoms with Crippen molar-refractivity contribution >= 4 is 16.7 Å². The van der Waals surface area contributed by atoms with Crippen molar-refractivity contribution in [1.29, 1.82) is 0 Å². The number of nitrogens with zero attached hydrogens (tertiary/aromatic N) is 1. The van der Waals surface area contributed by atoms with Gasteiger partial charge in [-0.2, -0.15) is 0 Å². The first-order valence-corrected chi connectivity index (χ1v) is 6.70. The van der Waals surface area contributed by atoms with Crippen LogP contribution >= 0.6 is 0 Å². The third-order valence-electron chi connectivity index (χ3n) is 3.21. The SMILES string of the molecule is CCCCCCC(=O)c1ccnc2ccccc12. The van der Waals surface area contributed by atoms with E-state index in [1.165, 1.54) is 12.8 Å². The number of hydrogen-bond donors (Lipinski definition) is 0. The molecule has 2 rings (SSSR count). The number of rotatable bonds is 6. The molecule has 0 aliphatic rings. The highest BCUT2D eigenvalue weighted by Gasteiger charge is 2.09. The fourth-order valence-corrected chi connectivity index (χ4v) is 2.19. The Hall–Kier alpha value is -1.70. The lowest BCUT2D eigenvalue weighted by Gasteiger charge is -2.05. The van der Waals surface area contributed by atoms with E-state index in [-0.39, 0.29) is 5.78 Å². The average molecular weight is 241 g/mol. The van der Waals surface area contributed by atoms with Gasteiger partial charge in [-0.3, -0.25) is 9.78 Å². The van der Waals surface area contributed by atoms with E-state index in [0.29, 0.717) is 6.42 Å². The fourth-order valence-electron chi connectivity index (χ4n) is 2.19. The third-order valence-corrected chi connectivity index (χ3v) is 3.21. The molecule has 2 nitrogen and oxygen atoms in total. The first kappa shape index (κ1) is 12.7. The Morgan fingerprint density at radius 2 is 1.94 bits per heavy atom. The number of aromatic nitrogens is 1. The molecule has 2 aromatic rings. The van der Waals surface area contributed by atoms with Gasteiger partial charge in [-0.15, -0.1) is 0 Å². The minimum absolute atomic E-state index is 0.240. The zero-order valence-corrected chi connectivity index (χ0v) is 10.9. The Morgan fingerprint density at radius 3 is 2.78 bits per heavy atom. The molecule has 0 saturated carbocycles. The lowest BCUT2D eigenvalue weighted by Crippen LogP contribution is -2.00. The predicted octanol–water partition coefficient (Wildman–Crippen LogP) is 4.39. The van der Waals surface area contributed by atoms with Crippen LogP contribution in [0.1, 0.15) is 49.4 Å². The summed E-state index contributed by atoms with van der Waals surface area (Å²) < 4.78 is 0. The predicted molar refractivity (Wildman–Crippen MR) is 74.8 cm³/mol. The number of carbonyl (C=O) groups excluding carboxylic acids is 1. The molecule has 0 spiro atoms. The van der Waals surface area contributed by atoms with E-state index in [9.17, 15) is 4.79 Å². The number of para-hydroxylation sites is 1. The van der Waals surface area contributed by atoms with Crippen LogP contribution in [-0.4, -0.2) is 10.8 Å². The smallest absolute Gasteiger partial charge is 0.163 e. The normalized spacial score (nSPS) is 10.7. The summed E-state index contributed by atoms with van der Waals surface area (Å²) in [6.45, 7) is 2.18. The van der Waals surface area contributed by atoms with Gasteiger partial charge in [0.2, 0.25) is 0 Å². The van der Waals surface area contributed by atoms with Gasteiger partial charge >= 0.3 is 0 Å². The van der Waals surface area contributed by atoms with Gasteiger partial charge in [0, 0.05) is 23.6 Å². The number of benzene rings is 1. The number of Topliss-reactive ketones (excluding diaryl/α,β-unsaturated/α-hetero) is 1. The van der Waals surface area contributed by atoms with Gasteiger partial charge in [-0.1, -0.05) is 44.4 Å². The molecular weight excluding hydrogens is 222 g/mol. The minimum Gasteiger partial charge on any atom is -0.294 e. The van der Waals surface area contributed by atoms with Crippen LogP contribution in [0, 0.1) is 0 Å². The zero-order valence-electron chi connectivity index (χ0n) is 10.9. The van der Waals surface area contributed by atoms with Gasteiger partial charge in [0.15, 0.2) is 5.78 Å². The zero-order chi connectivity index (χ0) is 12.8. The molecule has 0 aliphatic heterocycles. The van der Waals surface area contributed by atoms with E-state index in [1.54, 1.807) is 6.20 Å². The number of ketones is 1. The summed E-state index contributed by atoms with van der Waals surface area (Å²) in [6, 6.07) is 9.66. The number of hydrogen-bond acceptors (Lipinski definition) is 2. The summed E-state index contributed by atoms with van der Waals surface area (Å²) in [5.74, 6) is 0.240. The van der Waals surface area contributed by atoms with Crippen molar-refractivity contribution in [1.82, 2.24) is 4.98 Å². The van der Waals surface area contributed by atoms with Crippen molar-refractivity contribution in [3.63, 3.8) is 0 Å². The van der Waals surface area contributed by atoms with Crippen molar-refractivity contribution in [2.45, 2.75) is 39.0 Å². The first-order chi connectivity index (χ1) is 8.83. The van der Waals surface area contributed by atoms with Crippen LogP contribution in [0.4, 0.5) is 0 Å². The van der Waals surface area contributed by atoms with Crippen molar-refractivity contribution in [2.75, 3.05) is 0 Å². The van der Waals surface area contributed by atoms with Crippen LogP contribution in [0.2, 0.25) is 0 Å². The molecule has 0 aliphatic carbocycles. The quantitative estimate of drug-likeness (QED) is 0.554. The lowest BCUT2D eigenvalue weighted by atomic mass is 10.0. The first-order valence-electron chi connectivity index (χ1n) is 6.70. The van der Waals surface area contributed by atoms with Crippen LogP contribution in [0.5, 0.6) is 0 Å². The summed E-state index contributed by atoms with van der Waals surface area (Å²) in [7, 11) is 0. The number of fused-ring (bicyclic) bond motifs is 1. The summed E-state index contributed by atoms with van der Waals surface area (Å²) in [5, 5.41) is 0.973. The highest BCUT2D eigenvalue weighted by atomic mass is 16.1. The molecule has 18 heavy (non-hydrogen) atoms. The Labute approximate surface area is 108 Å². The van der Waals surface area contributed by atoms with Crippen molar-refractivity contribution in [2.24, 2.45) is 0 Å². The molecule has 0 N–H and O–H groups in total. The molecule has 1 heterocycles. The van der Waals surface area contributed by atoms with Gasteiger partial charge in [0.25, 0.3) is 0 Å². The van der Waals surface area contributed by atoms with Gasteiger partial charge in [0.05, 0.1) is 5.52 Å². The molecule has 0 fully saturated rings. The highest BCUT2D eigenvalue weighted by molar-refractivity contribution is 6.07. The summed E-state index contributed by atoms with van der Waals surface area (Å²) in [6.07, 6.45) is 6.92. The van der Waals surface area contributed by atoms with Gasteiger partial charge < -0.3 is 0 Å². The molecular formula is C16H19NO. The fraction of sp³-hybridized carbons (Fsp3) is 0.375. The van der Waals surface area contributed by atoms with Crippen molar-refractivity contribution in [3.8, 4) is 0 Å². The van der Waals surface area contributed by atoms with E-state index in [4.69, 9.17) is 0 Å². The largest absolute Gasteiger partial charge is 0.294 e. The maximum Gasteiger partial charge on any atom is 0.163 e. The summed E-state index contributed by atoms with van der Waals surface area (Å²) in [4.78, 5) is 16.5. The number of unbranched alkanes of at least 4 members (excludes halogenated alkanes) is 3. The van der Waals surface area contributed by atoms with Crippen LogP contribution in [-0.2, 0) is 0 Å². The Bertz CT molecular complexity index is 528. The second-order valence-electron chi connectivity index (χ2n) is 4.61. The minimum atomic E-state index is 0.240. The van der Waals surface area contributed by atoms with Crippen molar-refractivity contribution in [3.05, 3.63) is 42.1 Å². The van der Waals surface area contributed by atoms with E-state index >= 15 is 0 Å². The monoisotopic (exact) mass is 241 g/mol. The van der Waals surface area contributed by atoms with Crippen LogP contribution in [0.3, 0.4) is 0 Å². The molecule has 0 amide bonds. The molecule has 94 valence electrons. The Morgan fingerprint density at radius 1 is 1.11 bits per heavy atom. The molecule has 0 bridgehead atoms. The van der Waals surface area contributed by atoms with Gasteiger partial charge in [-0.05, 0) is 18.6 Å². The standard InChI is InChI=1S/C16H19NO/c1-2-3-4-5-10-16(18)14-11-12-17-15-9-7-6-8-13(14)15/h6-9,11-12H,2-5,10H2,1H3. The Kier molecular flexibility index (Phi) is 4.46. The molecule has 1 aromatic carbocycles. The topological polar surface area (TPSA) is 30.0 Å². The van der Waals surface area contributed by atoms with E-state index in [1.807, 2.05) is 30.3 Å². The Balaban J connectivity index is 2.13. The van der Waals surface area contributed by atoms with E-state index in [2.05, 4.69) is 11.9 Å². The second-order valence-corrected chi connectivity index (χ2v) is 4.61. The molecule has 0 atom stereocenters. The molecule has 0 saturated heterocycles. The van der Waals surface area contributed by atoms with E-state index < -0.39 is 0 Å². The van der Waals surface area contributed by atoms with E-state index in [0.717, 1.165) is 29.3 Å². The molecule has 0 radical (unpaired) electrons. The second kappa shape index (κ2) is 6.29. The number of pyridine rings is 1. The number of carbonyl (C=O) groups is 1. The van der Waals surface area contributed by atoms with Crippen molar-refractivity contribution < 1.29 is 4.79 Å². The van der Waals surface area contributed by atoms with Crippen LogP contribution in [0.25, 0.3) is 10.9 Å². The van der Waals surface area contributed by atoms with Crippen LogP contribution in [0.15, 0.2) is 36.5 Å². The van der Waals surface area contributed by atoms with Gasteiger partial charge in [0.1, 0.15) is 0 Å². The average Bonchev–Trinajstić information content (AvgIpc) is 2.43. The van der Waals surface area contributed by atoms with Crippen LogP contribution < -0.4 is 0 Å². The summed E-state index contributed by atoms with van der Waals surface area (Å²) >= 11 is 0.